The SMILES string of the molecule is O=C(c1n[nH]n(N=Cc2ccc(O)cc2)c1=O)N1CCCCC1. The van der Waals surface area contributed by atoms with Crippen LogP contribution in [0.2, 0.25) is 0 Å². The van der Waals surface area contributed by atoms with E-state index in [1.807, 2.05) is 0 Å². The Morgan fingerprint density at radius 1 is 1.22 bits per heavy atom. The predicted octanol–water partition coefficient (Wildman–Crippen LogP) is 0.785. The fraction of sp³-hybridized carbons (Fsp3) is 0.333. The Morgan fingerprint density at radius 3 is 2.61 bits per heavy atom. The molecule has 1 amide bonds. The Bertz CT molecular complexity index is 769. The molecule has 3 rings (SSSR count). The molecule has 2 aromatic rings. The van der Waals surface area contributed by atoms with E-state index in [1.165, 1.54) is 18.3 Å². The first-order valence-corrected chi connectivity index (χ1v) is 7.45. The minimum atomic E-state index is -0.574. The van der Waals surface area contributed by atoms with E-state index >= 15 is 0 Å². The third-order valence-corrected chi connectivity index (χ3v) is 3.71. The third-order valence-electron chi connectivity index (χ3n) is 3.71. The summed E-state index contributed by atoms with van der Waals surface area (Å²) in [6.45, 7) is 1.31. The van der Waals surface area contributed by atoms with Crippen molar-refractivity contribution < 1.29 is 9.90 Å². The van der Waals surface area contributed by atoms with Gasteiger partial charge in [-0.05, 0) is 49.1 Å². The number of amides is 1. The van der Waals surface area contributed by atoms with Gasteiger partial charge in [-0.2, -0.15) is 10.3 Å². The summed E-state index contributed by atoms with van der Waals surface area (Å²) in [5.41, 5.74) is -0.0152. The molecule has 1 aromatic carbocycles. The molecular weight excluding hydrogens is 298 g/mol. The molecule has 1 saturated heterocycles. The average molecular weight is 315 g/mol. The molecule has 0 spiro atoms. The number of aromatic hydroxyl groups is 1. The molecule has 1 aromatic heterocycles. The smallest absolute Gasteiger partial charge is 0.320 e. The zero-order chi connectivity index (χ0) is 16.2. The van der Waals surface area contributed by atoms with Crippen molar-refractivity contribution in [2.24, 2.45) is 5.10 Å². The number of piperidine rings is 1. The van der Waals surface area contributed by atoms with Gasteiger partial charge in [-0.25, -0.2) is 0 Å². The number of carbonyl (C=O) groups is 1. The molecule has 120 valence electrons. The number of likely N-dealkylation sites (tertiary alicyclic amines) is 1. The fourth-order valence-electron chi connectivity index (χ4n) is 2.44. The summed E-state index contributed by atoms with van der Waals surface area (Å²) < 4.78 is 0. The Hall–Kier alpha value is -2.90. The Balaban J connectivity index is 1.77. The van der Waals surface area contributed by atoms with E-state index < -0.39 is 5.56 Å². The van der Waals surface area contributed by atoms with Gasteiger partial charge in [0, 0.05) is 13.1 Å². The zero-order valence-corrected chi connectivity index (χ0v) is 12.5. The van der Waals surface area contributed by atoms with Crippen molar-refractivity contribution in [3.8, 4) is 5.75 Å². The maximum atomic E-state index is 12.3. The van der Waals surface area contributed by atoms with Crippen molar-refractivity contribution in [3.05, 3.63) is 45.9 Å². The van der Waals surface area contributed by atoms with Gasteiger partial charge in [0.15, 0.2) is 0 Å². The molecule has 23 heavy (non-hydrogen) atoms. The normalized spacial score (nSPS) is 15.2. The highest BCUT2D eigenvalue weighted by atomic mass is 16.3. The van der Waals surface area contributed by atoms with Crippen LogP contribution in [0.4, 0.5) is 0 Å². The summed E-state index contributed by atoms with van der Waals surface area (Å²) >= 11 is 0. The highest BCUT2D eigenvalue weighted by molar-refractivity contribution is 5.92. The van der Waals surface area contributed by atoms with Crippen molar-refractivity contribution in [3.63, 3.8) is 0 Å². The van der Waals surface area contributed by atoms with Gasteiger partial charge >= 0.3 is 5.56 Å². The standard InChI is InChI=1S/C15H17N5O3/c21-12-6-4-11(5-7-12)10-16-20-15(23)13(17-18-20)14(22)19-8-2-1-3-9-19/h4-7,10,18,21H,1-3,8-9H2. The second-order valence-electron chi connectivity index (χ2n) is 5.37. The molecule has 0 saturated carbocycles. The molecule has 8 heteroatoms. The summed E-state index contributed by atoms with van der Waals surface area (Å²) in [7, 11) is 0. The van der Waals surface area contributed by atoms with Crippen LogP contribution in [0.3, 0.4) is 0 Å². The molecule has 1 fully saturated rings. The van der Waals surface area contributed by atoms with Crippen molar-refractivity contribution >= 4 is 12.1 Å². The monoisotopic (exact) mass is 315 g/mol. The molecule has 1 aliphatic heterocycles. The van der Waals surface area contributed by atoms with Crippen molar-refractivity contribution in [2.45, 2.75) is 19.3 Å². The quantitative estimate of drug-likeness (QED) is 0.817. The number of hydrogen-bond donors (Lipinski definition) is 2. The molecule has 2 heterocycles. The minimum Gasteiger partial charge on any atom is -0.508 e. The summed E-state index contributed by atoms with van der Waals surface area (Å²) in [4.78, 5) is 27.1. The van der Waals surface area contributed by atoms with Crippen molar-refractivity contribution in [1.82, 2.24) is 20.0 Å². The summed E-state index contributed by atoms with van der Waals surface area (Å²) in [5, 5.41) is 19.4. The van der Waals surface area contributed by atoms with Crippen LogP contribution in [-0.4, -0.2) is 50.3 Å². The maximum Gasteiger partial charge on any atom is 0.320 e. The van der Waals surface area contributed by atoms with Crippen LogP contribution in [0.15, 0.2) is 34.2 Å². The van der Waals surface area contributed by atoms with Gasteiger partial charge in [-0.3, -0.25) is 9.59 Å². The van der Waals surface area contributed by atoms with Crippen LogP contribution in [0.1, 0.15) is 35.3 Å². The zero-order valence-electron chi connectivity index (χ0n) is 12.5. The number of nitrogens with one attached hydrogen (secondary N) is 1. The number of nitrogens with zero attached hydrogens (tertiary/aromatic N) is 4. The molecule has 0 bridgehead atoms. The molecule has 0 atom stereocenters. The van der Waals surface area contributed by atoms with Gasteiger partial charge in [0.2, 0.25) is 5.69 Å². The van der Waals surface area contributed by atoms with E-state index in [0.717, 1.165) is 24.1 Å². The van der Waals surface area contributed by atoms with Gasteiger partial charge in [0.05, 0.1) is 6.21 Å². The lowest BCUT2D eigenvalue weighted by molar-refractivity contribution is 0.0717. The number of rotatable bonds is 3. The first kappa shape index (κ1) is 15.0. The van der Waals surface area contributed by atoms with Gasteiger partial charge < -0.3 is 10.0 Å². The highest BCUT2D eigenvalue weighted by Crippen LogP contribution is 2.10. The Kier molecular flexibility index (Phi) is 4.22. The fourth-order valence-corrected chi connectivity index (χ4v) is 2.44. The number of benzene rings is 1. The third kappa shape index (κ3) is 3.31. The molecule has 1 aliphatic rings. The number of aromatic amines is 1. The molecule has 0 unspecified atom stereocenters. The maximum absolute atomic E-state index is 12.3. The number of H-pyrrole nitrogens is 1. The second-order valence-corrected chi connectivity index (χ2v) is 5.37. The van der Waals surface area contributed by atoms with E-state index in [-0.39, 0.29) is 17.4 Å². The van der Waals surface area contributed by atoms with Crippen LogP contribution in [0, 0.1) is 0 Å². The van der Waals surface area contributed by atoms with E-state index in [1.54, 1.807) is 17.0 Å². The van der Waals surface area contributed by atoms with Crippen molar-refractivity contribution in [2.75, 3.05) is 13.1 Å². The van der Waals surface area contributed by atoms with Gasteiger partial charge in [-0.1, -0.05) is 0 Å². The number of hydrogen-bond acceptors (Lipinski definition) is 5. The molecule has 0 aliphatic carbocycles. The average Bonchev–Trinajstić information content (AvgIpc) is 2.95. The van der Waals surface area contributed by atoms with E-state index in [4.69, 9.17) is 0 Å². The lowest BCUT2D eigenvalue weighted by Crippen LogP contribution is -2.38. The molecular formula is C15H17N5O3. The van der Waals surface area contributed by atoms with Gasteiger partial charge in [0.25, 0.3) is 5.91 Å². The summed E-state index contributed by atoms with van der Waals surface area (Å²) in [6, 6.07) is 6.34. The minimum absolute atomic E-state index is 0.144. The predicted molar refractivity (Wildman–Crippen MR) is 83.7 cm³/mol. The number of carbonyl (C=O) groups excluding carboxylic acids is 1. The van der Waals surface area contributed by atoms with Gasteiger partial charge in [-0.15, -0.1) is 9.89 Å². The van der Waals surface area contributed by atoms with Crippen LogP contribution in [-0.2, 0) is 0 Å². The summed E-state index contributed by atoms with van der Waals surface area (Å²) in [5.74, 6) is -0.209. The Morgan fingerprint density at radius 2 is 1.91 bits per heavy atom. The topological polar surface area (TPSA) is 104 Å². The molecule has 8 nitrogen and oxygen atoms in total. The first-order chi connectivity index (χ1) is 11.1. The first-order valence-electron chi connectivity index (χ1n) is 7.45. The van der Waals surface area contributed by atoms with Crippen LogP contribution in [0.25, 0.3) is 0 Å². The molecule has 2 N–H and O–H groups in total. The van der Waals surface area contributed by atoms with Crippen LogP contribution < -0.4 is 5.56 Å². The molecule has 0 radical (unpaired) electrons. The highest BCUT2D eigenvalue weighted by Gasteiger charge is 2.24. The van der Waals surface area contributed by atoms with E-state index in [0.29, 0.717) is 18.7 Å². The van der Waals surface area contributed by atoms with Crippen LogP contribution >= 0.6 is 0 Å². The van der Waals surface area contributed by atoms with E-state index in [2.05, 4.69) is 15.4 Å². The largest absolute Gasteiger partial charge is 0.508 e. The number of phenols is 1. The summed E-state index contributed by atoms with van der Waals surface area (Å²) in [6.07, 6.45) is 4.44. The van der Waals surface area contributed by atoms with Crippen molar-refractivity contribution in [1.29, 1.82) is 0 Å². The number of phenolic OH excluding ortho intramolecular Hbond substituents is 1. The lowest BCUT2D eigenvalue weighted by Gasteiger charge is -2.25. The Labute approximate surface area is 132 Å². The number of aromatic nitrogens is 3. The van der Waals surface area contributed by atoms with Crippen LogP contribution in [0.5, 0.6) is 5.75 Å². The van der Waals surface area contributed by atoms with E-state index in [9.17, 15) is 14.7 Å². The second kappa shape index (κ2) is 6.47. The lowest BCUT2D eigenvalue weighted by atomic mass is 10.1. The van der Waals surface area contributed by atoms with Gasteiger partial charge in [0.1, 0.15) is 5.75 Å².